The number of aromatic nitrogens is 7. The van der Waals surface area contributed by atoms with E-state index in [4.69, 9.17) is 0 Å². The van der Waals surface area contributed by atoms with Crippen LogP contribution >= 0.6 is 0 Å². The number of nitrogens with one attached hydrogen (secondary N) is 1. The van der Waals surface area contributed by atoms with Crippen molar-refractivity contribution in [3.8, 4) is 0 Å². The molecule has 0 aromatic carbocycles. The van der Waals surface area contributed by atoms with Crippen LogP contribution in [0.5, 0.6) is 0 Å². The van der Waals surface area contributed by atoms with Crippen molar-refractivity contribution >= 4 is 17.6 Å². The van der Waals surface area contributed by atoms with Gasteiger partial charge in [-0.05, 0) is 20.8 Å². The molecule has 11 heteroatoms. The first-order valence-electron chi connectivity index (χ1n) is 9.42. The molecule has 28 heavy (non-hydrogen) atoms. The molecule has 0 saturated carbocycles. The molecule has 0 unspecified atom stereocenters. The summed E-state index contributed by atoms with van der Waals surface area (Å²) in [5, 5.41) is 15.3. The van der Waals surface area contributed by atoms with E-state index in [1.807, 2.05) is 36.3 Å². The molecule has 1 aliphatic rings. The smallest absolute Gasteiger partial charge is 0.318 e. The van der Waals surface area contributed by atoms with E-state index in [9.17, 15) is 4.79 Å². The van der Waals surface area contributed by atoms with Gasteiger partial charge in [0.15, 0.2) is 5.82 Å². The Labute approximate surface area is 162 Å². The summed E-state index contributed by atoms with van der Waals surface area (Å²) in [6, 6.07) is 1.71. The molecule has 4 rings (SSSR count). The molecule has 0 bridgehead atoms. The van der Waals surface area contributed by atoms with Crippen LogP contribution in [0, 0.1) is 6.92 Å². The number of amides is 2. The van der Waals surface area contributed by atoms with Crippen LogP contribution in [0.25, 0.3) is 5.78 Å². The lowest BCUT2D eigenvalue weighted by molar-refractivity contribution is 0.190. The average molecular weight is 384 g/mol. The lowest BCUT2D eigenvalue weighted by Crippen LogP contribution is -2.52. The van der Waals surface area contributed by atoms with Crippen molar-refractivity contribution in [1.29, 1.82) is 0 Å². The Morgan fingerprint density at radius 3 is 2.82 bits per heavy atom. The third-order valence-corrected chi connectivity index (χ3v) is 4.97. The molecule has 1 atom stereocenters. The predicted octanol–water partition coefficient (Wildman–Crippen LogP) is 0.637. The second-order valence-corrected chi connectivity index (χ2v) is 6.85. The molecule has 0 spiro atoms. The van der Waals surface area contributed by atoms with Gasteiger partial charge in [0.1, 0.15) is 18.5 Å². The fourth-order valence-corrected chi connectivity index (χ4v) is 3.46. The Kier molecular flexibility index (Phi) is 4.80. The summed E-state index contributed by atoms with van der Waals surface area (Å²) >= 11 is 0. The van der Waals surface area contributed by atoms with Crippen LogP contribution in [0.2, 0.25) is 0 Å². The number of fused-ring (bicyclic) bond motifs is 1. The third kappa shape index (κ3) is 3.35. The van der Waals surface area contributed by atoms with Crippen LogP contribution in [-0.4, -0.2) is 71.5 Å². The predicted molar refractivity (Wildman–Crippen MR) is 102 cm³/mol. The van der Waals surface area contributed by atoms with E-state index >= 15 is 0 Å². The summed E-state index contributed by atoms with van der Waals surface area (Å²) < 4.78 is 3.67. The summed E-state index contributed by atoms with van der Waals surface area (Å²) in [5.41, 5.74) is 0.893. The lowest BCUT2D eigenvalue weighted by Gasteiger charge is -2.36. The zero-order valence-corrected chi connectivity index (χ0v) is 16.3. The van der Waals surface area contributed by atoms with Crippen molar-refractivity contribution in [3.63, 3.8) is 0 Å². The Balaban J connectivity index is 1.39. The number of urea groups is 1. The summed E-state index contributed by atoms with van der Waals surface area (Å²) in [7, 11) is 0. The van der Waals surface area contributed by atoms with Crippen molar-refractivity contribution in [2.75, 3.05) is 31.1 Å². The van der Waals surface area contributed by atoms with Crippen molar-refractivity contribution in [2.45, 2.75) is 33.4 Å². The van der Waals surface area contributed by atoms with E-state index in [1.54, 1.807) is 10.8 Å². The van der Waals surface area contributed by atoms with Gasteiger partial charge in [-0.2, -0.15) is 14.6 Å². The van der Waals surface area contributed by atoms with Crippen LogP contribution in [-0.2, 0) is 6.54 Å². The maximum Gasteiger partial charge on any atom is 0.318 e. The number of rotatable bonds is 4. The standard InChI is InChI=1S/C17H24N10O/c1-4-24-11-19-23-15(24)13(3)22-17(28)26-7-5-25(6-8-26)14-9-12(2)21-16-18-10-20-27(14)16/h9-11,13H,4-8H2,1-3H3,(H,22,28)/t13-/m0/s1. The monoisotopic (exact) mass is 384 g/mol. The van der Waals surface area contributed by atoms with Crippen LogP contribution in [0.4, 0.5) is 10.6 Å². The number of hydrogen-bond acceptors (Lipinski definition) is 7. The topological polar surface area (TPSA) is 109 Å². The molecule has 1 aliphatic heterocycles. The molecule has 3 aromatic rings. The number of carbonyl (C=O) groups excluding carboxylic acids is 1. The Morgan fingerprint density at radius 1 is 1.29 bits per heavy atom. The Hall–Kier alpha value is -3.24. The summed E-state index contributed by atoms with van der Waals surface area (Å²) in [6.45, 7) is 9.32. The van der Waals surface area contributed by atoms with Gasteiger partial charge >= 0.3 is 6.03 Å². The molecule has 1 N–H and O–H groups in total. The number of carbonyl (C=O) groups is 1. The zero-order valence-electron chi connectivity index (χ0n) is 16.3. The van der Waals surface area contributed by atoms with Gasteiger partial charge in [0, 0.05) is 44.5 Å². The maximum atomic E-state index is 12.7. The molecule has 4 heterocycles. The molecule has 0 aliphatic carbocycles. The van der Waals surface area contributed by atoms with Crippen molar-refractivity contribution < 1.29 is 4.79 Å². The zero-order chi connectivity index (χ0) is 19.7. The first-order valence-corrected chi connectivity index (χ1v) is 9.42. The third-order valence-electron chi connectivity index (χ3n) is 4.97. The van der Waals surface area contributed by atoms with Crippen LogP contribution < -0.4 is 10.2 Å². The van der Waals surface area contributed by atoms with Gasteiger partial charge in [-0.3, -0.25) is 0 Å². The number of hydrogen-bond donors (Lipinski definition) is 1. The summed E-state index contributed by atoms with van der Waals surface area (Å²) in [4.78, 5) is 25.3. The highest BCUT2D eigenvalue weighted by Gasteiger charge is 2.25. The van der Waals surface area contributed by atoms with E-state index in [0.29, 0.717) is 32.0 Å². The molecule has 1 saturated heterocycles. The highest BCUT2D eigenvalue weighted by Crippen LogP contribution is 2.18. The largest absolute Gasteiger partial charge is 0.353 e. The van der Waals surface area contributed by atoms with Crippen LogP contribution in [0.3, 0.4) is 0 Å². The lowest BCUT2D eigenvalue weighted by atomic mass is 10.3. The minimum atomic E-state index is -0.203. The molecular formula is C17H24N10O. The van der Waals surface area contributed by atoms with Gasteiger partial charge in [0.25, 0.3) is 5.78 Å². The summed E-state index contributed by atoms with van der Waals surface area (Å²) in [5.74, 6) is 2.30. The van der Waals surface area contributed by atoms with E-state index in [2.05, 4.69) is 35.5 Å². The van der Waals surface area contributed by atoms with Gasteiger partial charge in [-0.25, -0.2) is 9.78 Å². The second-order valence-electron chi connectivity index (χ2n) is 6.85. The summed E-state index contributed by atoms with van der Waals surface area (Å²) in [6.07, 6.45) is 3.18. The second kappa shape index (κ2) is 7.41. The minimum Gasteiger partial charge on any atom is -0.353 e. The van der Waals surface area contributed by atoms with E-state index in [-0.39, 0.29) is 12.1 Å². The maximum absolute atomic E-state index is 12.7. The van der Waals surface area contributed by atoms with Gasteiger partial charge in [-0.1, -0.05) is 0 Å². The van der Waals surface area contributed by atoms with E-state index in [1.165, 1.54) is 6.33 Å². The number of piperazine rings is 1. The highest BCUT2D eigenvalue weighted by molar-refractivity contribution is 5.75. The van der Waals surface area contributed by atoms with Gasteiger partial charge in [0.05, 0.1) is 6.04 Å². The van der Waals surface area contributed by atoms with Crippen LogP contribution in [0.15, 0.2) is 18.7 Å². The molecule has 148 valence electrons. The van der Waals surface area contributed by atoms with Crippen molar-refractivity contribution in [3.05, 3.63) is 30.2 Å². The van der Waals surface area contributed by atoms with Crippen LogP contribution in [0.1, 0.15) is 31.4 Å². The fraction of sp³-hybridized carbons (Fsp3) is 0.529. The fourth-order valence-electron chi connectivity index (χ4n) is 3.46. The highest BCUT2D eigenvalue weighted by atomic mass is 16.2. The van der Waals surface area contributed by atoms with Gasteiger partial charge in [0.2, 0.25) is 0 Å². The molecule has 11 nitrogen and oxygen atoms in total. The Morgan fingerprint density at radius 2 is 2.07 bits per heavy atom. The first-order chi connectivity index (χ1) is 13.6. The molecule has 2 amide bonds. The number of nitrogens with zero attached hydrogens (tertiary/aromatic N) is 9. The van der Waals surface area contributed by atoms with E-state index in [0.717, 1.165) is 23.9 Å². The molecular weight excluding hydrogens is 360 g/mol. The number of aryl methyl sites for hydroxylation is 2. The quantitative estimate of drug-likeness (QED) is 0.703. The van der Waals surface area contributed by atoms with Gasteiger partial charge < -0.3 is 19.7 Å². The molecule has 3 aromatic heterocycles. The molecule has 0 radical (unpaired) electrons. The molecule has 1 fully saturated rings. The van der Waals surface area contributed by atoms with Crippen molar-refractivity contribution in [1.82, 2.24) is 44.6 Å². The van der Waals surface area contributed by atoms with Crippen molar-refractivity contribution in [2.24, 2.45) is 0 Å². The minimum absolute atomic E-state index is 0.0883. The van der Waals surface area contributed by atoms with E-state index < -0.39 is 0 Å². The average Bonchev–Trinajstić information content (AvgIpc) is 3.36. The van der Waals surface area contributed by atoms with Gasteiger partial charge in [-0.15, -0.1) is 10.2 Å². The first kappa shape index (κ1) is 18.1. The SMILES string of the molecule is CCn1cnnc1[C@H](C)NC(=O)N1CCN(c2cc(C)nc3ncnn23)CC1. The number of anilines is 1. The Bertz CT molecular complexity index is 971. The normalized spacial score (nSPS) is 15.8.